The number of alkyl halides is 3. The number of carbonyl (C=O) groups is 1. The Morgan fingerprint density at radius 3 is 2.64 bits per heavy atom. The zero-order valence-electron chi connectivity index (χ0n) is 13.7. The topological polar surface area (TPSA) is 84.1 Å². The van der Waals surface area contributed by atoms with Crippen molar-refractivity contribution in [2.24, 2.45) is 5.73 Å². The number of rotatable bonds is 6. The fourth-order valence-electron chi connectivity index (χ4n) is 2.29. The van der Waals surface area contributed by atoms with Crippen molar-refractivity contribution in [1.82, 2.24) is 14.9 Å². The number of aromatic nitrogens is 2. The van der Waals surface area contributed by atoms with E-state index in [1.165, 1.54) is 18.5 Å². The molecular weight excluding hydrogens is 335 g/mol. The van der Waals surface area contributed by atoms with Crippen LogP contribution in [0.3, 0.4) is 0 Å². The molecule has 0 aliphatic carbocycles. The molecule has 2 aromatic rings. The molecule has 1 aromatic carbocycles. The standard InChI is InChI=1S/C16H18F3N5O/c1-24(2)13(10-4-3-5-11(6-10)16(17,18)19)8-22-14-9-21-7-12(23-14)15(20)25/h3-7,9,13H,8H2,1-2H3,(H2,20,25)(H,22,23). The first kappa shape index (κ1) is 18.7. The predicted molar refractivity (Wildman–Crippen MR) is 86.9 cm³/mol. The van der Waals surface area contributed by atoms with Crippen molar-refractivity contribution in [3.8, 4) is 0 Å². The average Bonchev–Trinajstić information content (AvgIpc) is 2.54. The van der Waals surface area contributed by atoms with Gasteiger partial charge in [0.25, 0.3) is 5.91 Å². The number of carbonyl (C=O) groups excluding carboxylic acids is 1. The third-order valence-corrected chi connectivity index (χ3v) is 3.59. The lowest BCUT2D eigenvalue weighted by Gasteiger charge is -2.26. The summed E-state index contributed by atoms with van der Waals surface area (Å²) < 4.78 is 38.7. The van der Waals surface area contributed by atoms with E-state index >= 15 is 0 Å². The molecule has 1 aromatic heterocycles. The van der Waals surface area contributed by atoms with E-state index in [0.29, 0.717) is 11.4 Å². The molecule has 3 N–H and O–H groups in total. The Bertz CT molecular complexity index is 749. The predicted octanol–water partition coefficient (Wildman–Crippen LogP) is 2.31. The summed E-state index contributed by atoms with van der Waals surface area (Å²) in [5.74, 6) is -0.395. The zero-order chi connectivity index (χ0) is 18.6. The Hall–Kier alpha value is -2.68. The number of amides is 1. The van der Waals surface area contributed by atoms with Gasteiger partial charge in [0.1, 0.15) is 11.5 Å². The number of nitrogens with one attached hydrogen (secondary N) is 1. The molecule has 0 bridgehead atoms. The first-order valence-corrected chi connectivity index (χ1v) is 7.38. The molecule has 0 spiro atoms. The quantitative estimate of drug-likeness (QED) is 0.833. The minimum atomic E-state index is -4.40. The Morgan fingerprint density at radius 2 is 2.04 bits per heavy atom. The van der Waals surface area contributed by atoms with Gasteiger partial charge in [-0.15, -0.1) is 0 Å². The molecule has 0 aliphatic heterocycles. The van der Waals surface area contributed by atoms with Crippen molar-refractivity contribution in [1.29, 1.82) is 0 Å². The Morgan fingerprint density at radius 1 is 1.32 bits per heavy atom. The highest BCUT2D eigenvalue weighted by Gasteiger charge is 2.31. The molecule has 9 heteroatoms. The first-order valence-electron chi connectivity index (χ1n) is 7.38. The smallest absolute Gasteiger partial charge is 0.367 e. The van der Waals surface area contributed by atoms with Crippen molar-refractivity contribution in [2.75, 3.05) is 26.0 Å². The molecule has 1 atom stereocenters. The van der Waals surface area contributed by atoms with Gasteiger partial charge in [-0.05, 0) is 31.8 Å². The molecular formula is C16H18F3N5O. The fourth-order valence-corrected chi connectivity index (χ4v) is 2.29. The van der Waals surface area contributed by atoms with Gasteiger partial charge in [-0.2, -0.15) is 13.2 Å². The Labute approximate surface area is 142 Å². The van der Waals surface area contributed by atoms with Crippen LogP contribution in [0.25, 0.3) is 0 Å². The molecule has 0 aliphatic rings. The van der Waals surface area contributed by atoms with E-state index in [2.05, 4.69) is 15.3 Å². The van der Waals surface area contributed by atoms with Gasteiger partial charge in [-0.3, -0.25) is 9.78 Å². The SMILES string of the molecule is CN(C)C(CNc1cncc(C(N)=O)n1)c1cccc(C(F)(F)F)c1. The maximum absolute atomic E-state index is 12.9. The van der Waals surface area contributed by atoms with Crippen LogP contribution in [0.2, 0.25) is 0 Å². The average molecular weight is 353 g/mol. The molecule has 1 heterocycles. The number of benzene rings is 1. The van der Waals surface area contributed by atoms with E-state index in [1.807, 2.05) is 0 Å². The summed E-state index contributed by atoms with van der Waals surface area (Å²) in [6.45, 7) is 0.269. The van der Waals surface area contributed by atoms with Crippen molar-refractivity contribution in [3.05, 3.63) is 53.5 Å². The highest BCUT2D eigenvalue weighted by Crippen LogP contribution is 2.31. The molecule has 134 valence electrons. The number of nitrogens with zero attached hydrogens (tertiary/aromatic N) is 3. The normalized spacial score (nSPS) is 12.9. The van der Waals surface area contributed by atoms with Gasteiger partial charge >= 0.3 is 6.18 Å². The van der Waals surface area contributed by atoms with E-state index in [0.717, 1.165) is 12.1 Å². The van der Waals surface area contributed by atoms with Crippen LogP contribution in [0.4, 0.5) is 19.0 Å². The largest absolute Gasteiger partial charge is 0.416 e. The number of hydrogen-bond donors (Lipinski definition) is 2. The van der Waals surface area contributed by atoms with Crippen LogP contribution in [0.15, 0.2) is 36.7 Å². The molecule has 2 rings (SSSR count). The summed E-state index contributed by atoms with van der Waals surface area (Å²) in [5.41, 5.74) is 4.96. The van der Waals surface area contributed by atoms with Gasteiger partial charge in [-0.1, -0.05) is 12.1 Å². The summed E-state index contributed by atoms with van der Waals surface area (Å²) in [7, 11) is 3.52. The second-order valence-electron chi connectivity index (χ2n) is 5.64. The van der Waals surface area contributed by atoms with Crippen molar-refractivity contribution < 1.29 is 18.0 Å². The van der Waals surface area contributed by atoms with Crippen LogP contribution in [0.1, 0.15) is 27.7 Å². The van der Waals surface area contributed by atoms with Gasteiger partial charge in [0.05, 0.1) is 24.0 Å². The van der Waals surface area contributed by atoms with Crippen LogP contribution >= 0.6 is 0 Å². The van der Waals surface area contributed by atoms with Crippen LogP contribution in [-0.4, -0.2) is 41.4 Å². The lowest BCUT2D eigenvalue weighted by Crippen LogP contribution is -2.27. The number of halogens is 3. The molecule has 0 saturated carbocycles. The van der Waals surface area contributed by atoms with Gasteiger partial charge in [-0.25, -0.2) is 4.98 Å². The van der Waals surface area contributed by atoms with E-state index in [-0.39, 0.29) is 18.3 Å². The second kappa shape index (κ2) is 7.47. The van der Waals surface area contributed by atoms with Gasteiger partial charge < -0.3 is 16.0 Å². The minimum Gasteiger partial charge on any atom is -0.367 e. The third kappa shape index (κ3) is 4.90. The van der Waals surface area contributed by atoms with Crippen LogP contribution < -0.4 is 11.1 Å². The number of primary amides is 1. The third-order valence-electron chi connectivity index (χ3n) is 3.59. The van der Waals surface area contributed by atoms with Crippen molar-refractivity contribution >= 4 is 11.7 Å². The summed E-state index contributed by atoms with van der Waals surface area (Å²) in [4.78, 5) is 20.8. The molecule has 1 amide bonds. The van der Waals surface area contributed by atoms with Crippen LogP contribution in [0, 0.1) is 0 Å². The minimum absolute atomic E-state index is 0.00507. The van der Waals surface area contributed by atoms with Crippen LogP contribution in [-0.2, 0) is 6.18 Å². The lowest BCUT2D eigenvalue weighted by atomic mass is 10.0. The number of nitrogens with two attached hydrogens (primary N) is 1. The van der Waals surface area contributed by atoms with E-state index in [9.17, 15) is 18.0 Å². The van der Waals surface area contributed by atoms with Crippen molar-refractivity contribution in [2.45, 2.75) is 12.2 Å². The molecule has 25 heavy (non-hydrogen) atoms. The molecule has 0 fully saturated rings. The Kier molecular flexibility index (Phi) is 5.58. The summed E-state index contributed by atoms with van der Waals surface area (Å²) in [6.07, 6.45) is -1.75. The van der Waals surface area contributed by atoms with E-state index < -0.39 is 17.6 Å². The van der Waals surface area contributed by atoms with E-state index in [4.69, 9.17) is 5.73 Å². The zero-order valence-corrected chi connectivity index (χ0v) is 13.7. The molecule has 6 nitrogen and oxygen atoms in total. The van der Waals surface area contributed by atoms with Crippen molar-refractivity contribution in [3.63, 3.8) is 0 Å². The lowest BCUT2D eigenvalue weighted by molar-refractivity contribution is -0.137. The molecule has 0 radical (unpaired) electrons. The molecule has 0 saturated heterocycles. The fraction of sp³-hybridized carbons (Fsp3) is 0.312. The number of hydrogen-bond acceptors (Lipinski definition) is 5. The van der Waals surface area contributed by atoms with Gasteiger partial charge in [0.15, 0.2) is 0 Å². The summed E-state index contributed by atoms with van der Waals surface area (Å²) >= 11 is 0. The maximum atomic E-state index is 12.9. The monoisotopic (exact) mass is 353 g/mol. The maximum Gasteiger partial charge on any atom is 0.416 e. The summed E-state index contributed by atoms with van der Waals surface area (Å²) in [6, 6.07) is 4.82. The van der Waals surface area contributed by atoms with Crippen LogP contribution in [0.5, 0.6) is 0 Å². The highest BCUT2D eigenvalue weighted by molar-refractivity contribution is 5.90. The van der Waals surface area contributed by atoms with E-state index in [1.54, 1.807) is 25.1 Å². The first-order chi connectivity index (χ1) is 11.7. The summed E-state index contributed by atoms with van der Waals surface area (Å²) in [5, 5.41) is 2.97. The molecule has 1 unspecified atom stereocenters. The Balaban J connectivity index is 2.20. The van der Waals surface area contributed by atoms with Gasteiger partial charge in [0.2, 0.25) is 0 Å². The number of likely N-dealkylation sites (N-methyl/N-ethyl adjacent to an activating group) is 1. The second-order valence-corrected chi connectivity index (χ2v) is 5.64. The highest BCUT2D eigenvalue weighted by atomic mass is 19.4. The van der Waals surface area contributed by atoms with Gasteiger partial charge in [0, 0.05) is 6.54 Å². The number of anilines is 1.